The fourth-order valence-electron chi connectivity index (χ4n) is 3.66. The Morgan fingerprint density at radius 3 is 2.11 bits per heavy atom. The van der Waals surface area contributed by atoms with Crippen LogP contribution in [-0.2, 0) is 26.1 Å². The number of ether oxygens (including phenoxy) is 1. The number of sulfonamides is 1. The SMILES string of the molecule is COc1ccc(S(=O)(=O)NCCCCC(C(=O)O)N(c2ccc(-c3ccc(Br)cc3)cc2)S(=O)[O-])cc1. The first-order valence-electron chi connectivity index (χ1n) is 11.2. The molecule has 3 rings (SSSR count). The third kappa shape index (κ3) is 7.86. The zero-order chi connectivity index (χ0) is 27.0. The second-order valence-electron chi connectivity index (χ2n) is 8.02. The number of unbranched alkanes of at least 4 members (excludes halogenated alkanes) is 1. The Balaban J connectivity index is 1.62. The highest BCUT2D eigenvalue weighted by atomic mass is 79.9. The van der Waals surface area contributed by atoms with Gasteiger partial charge in [0, 0.05) is 28.0 Å². The summed E-state index contributed by atoms with van der Waals surface area (Å²) in [6, 6.07) is 18.8. The van der Waals surface area contributed by atoms with Gasteiger partial charge in [-0.1, -0.05) is 40.2 Å². The molecule has 37 heavy (non-hydrogen) atoms. The molecule has 0 aliphatic carbocycles. The molecule has 0 amide bonds. The molecule has 2 unspecified atom stereocenters. The molecule has 198 valence electrons. The van der Waals surface area contributed by atoms with E-state index in [-0.39, 0.29) is 30.0 Å². The van der Waals surface area contributed by atoms with Gasteiger partial charge in [-0.3, -0.25) is 8.51 Å². The van der Waals surface area contributed by atoms with Gasteiger partial charge in [-0.2, -0.15) is 0 Å². The van der Waals surface area contributed by atoms with E-state index in [1.165, 1.54) is 31.4 Å². The lowest BCUT2D eigenvalue weighted by atomic mass is 10.0. The summed E-state index contributed by atoms with van der Waals surface area (Å²) < 4.78 is 58.1. The number of carboxylic acids is 1. The normalized spacial score (nSPS) is 13.1. The fraction of sp³-hybridized carbons (Fsp3) is 0.240. The van der Waals surface area contributed by atoms with Crippen LogP contribution in [0.2, 0.25) is 0 Å². The van der Waals surface area contributed by atoms with Crippen molar-refractivity contribution in [3.05, 3.63) is 77.3 Å². The number of nitrogens with one attached hydrogen (secondary N) is 1. The lowest BCUT2D eigenvalue weighted by Crippen LogP contribution is -2.42. The summed E-state index contributed by atoms with van der Waals surface area (Å²) in [6.45, 7) is 0.0725. The van der Waals surface area contributed by atoms with Crippen molar-refractivity contribution in [1.82, 2.24) is 4.72 Å². The maximum absolute atomic E-state index is 12.4. The van der Waals surface area contributed by atoms with Crippen molar-refractivity contribution in [3.63, 3.8) is 0 Å². The van der Waals surface area contributed by atoms with Gasteiger partial charge in [0.2, 0.25) is 10.0 Å². The number of benzene rings is 3. The number of methoxy groups -OCH3 is 1. The Morgan fingerprint density at radius 2 is 1.59 bits per heavy atom. The lowest BCUT2D eigenvalue weighted by molar-refractivity contribution is -0.138. The van der Waals surface area contributed by atoms with Gasteiger partial charge in [-0.25, -0.2) is 17.9 Å². The van der Waals surface area contributed by atoms with E-state index in [1.807, 2.05) is 24.3 Å². The summed E-state index contributed by atoms with van der Waals surface area (Å²) >= 11 is 0.547. The predicted molar refractivity (Wildman–Crippen MR) is 144 cm³/mol. The highest BCUT2D eigenvalue weighted by molar-refractivity contribution is 9.10. The Labute approximate surface area is 227 Å². The number of rotatable bonds is 13. The average Bonchev–Trinajstić information content (AvgIpc) is 2.88. The average molecular weight is 611 g/mol. The van der Waals surface area contributed by atoms with Gasteiger partial charge >= 0.3 is 5.97 Å². The van der Waals surface area contributed by atoms with Crippen LogP contribution in [0.5, 0.6) is 5.75 Å². The summed E-state index contributed by atoms with van der Waals surface area (Å²) in [4.78, 5) is 12.0. The van der Waals surface area contributed by atoms with E-state index in [4.69, 9.17) is 4.74 Å². The van der Waals surface area contributed by atoms with Crippen molar-refractivity contribution in [2.75, 3.05) is 18.0 Å². The van der Waals surface area contributed by atoms with E-state index < -0.39 is 33.3 Å². The molecule has 3 aromatic carbocycles. The number of nitrogens with zero attached hydrogens (tertiary/aromatic N) is 1. The molecule has 0 spiro atoms. The summed E-state index contributed by atoms with van der Waals surface area (Å²) in [7, 11) is -2.26. The van der Waals surface area contributed by atoms with Gasteiger partial charge in [0.1, 0.15) is 11.8 Å². The first kappa shape index (κ1) is 28.8. The summed E-state index contributed by atoms with van der Waals surface area (Å²) in [5.74, 6) is -0.762. The smallest absolute Gasteiger partial charge is 0.327 e. The van der Waals surface area contributed by atoms with E-state index in [2.05, 4.69) is 20.7 Å². The van der Waals surface area contributed by atoms with Crippen molar-refractivity contribution >= 4 is 48.9 Å². The van der Waals surface area contributed by atoms with Crippen molar-refractivity contribution in [2.24, 2.45) is 0 Å². The lowest BCUT2D eigenvalue weighted by Gasteiger charge is -2.32. The van der Waals surface area contributed by atoms with Crippen molar-refractivity contribution < 1.29 is 31.8 Å². The second-order valence-corrected chi connectivity index (χ2v) is 11.5. The molecule has 0 aliphatic rings. The minimum Gasteiger partial charge on any atom is -0.755 e. The standard InChI is InChI=1S/C25H27BrN2O7S2/c1-35-22-13-15-23(16-14-22)37(33,34)27-17-3-2-4-24(25(29)30)28(36(31)32)21-11-7-19(8-12-21)18-5-9-20(26)10-6-18/h5-16,24,27H,2-4,17H2,1H3,(H,29,30)(H,31,32)/p-1. The van der Waals surface area contributed by atoms with E-state index in [9.17, 15) is 27.1 Å². The molecule has 0 aromatic heterocycles. The Morgan fingerprint density at radius 1 is 1.03 bits per heavy atom. The third-order valence-corrected chi connectivity index (χ3v) is 8.39. The van der Waals surface area contributed by atoms with Crippen LogP contribution in [0.25, 0.3) is 11.1 Å². The maximum Gasteiger partial charge on any atom is 0.327 e. The Kier molecular flexibility index (Phi) is 10.2. The maximum atomic E-state index is 12.4. The van der Waals surface area contributed by atoms with Crippen LogP contribution in [0.4, 0.5) is 5.69 Å². The van der Waals surface area contributed by atoms with Crippen LogP contribution in [0.15, 0.2) is 82.2 Å². The number of aliphatic carboxylic acids is 1. The molecular formula is C25H26BrN2O7S2-. The summed E-state index contributed by atoms with van der Waals surface area (Å²) in [6.07, 6.45) is 0.607. The van der Waals surface area contributed by atoms with Gasteiger partial charge in [-0.05, 0) is 78.9 Å². The molecule has 0 radical (unpaired) electrons. The van der Waals surface area contributed by atoms with Gasteiger partial charge in [-0.15, -0.1) is 0 Å². The largest absolute Gasteiger partial charge is 0.755 e. The molecule has 2 atom stereocenters. The monoisotopic (exact) mass is 609 g/mol. The van der Waals surface area contributed by atoms with Crippen molar-refractivity contribution in [3.8, 4) is 16.9 Å². The zero-order valence-electron chi connectivity index (χ0n) is 19.9. The number of carbonyl (C=O) groups is 1. The highest BCUT2D eigenvalue weighted by Crippen LogP contribution is 2.27. The van der Waals surface area contributed by atoms with Gasteiger partial charge < -0.3 is 14.4 Å². The molecule has 3 aromatic rings. The molecule has 0 heterocycles. The quantitative estimate of drug-likeness (QED) is 0.217. The molecule has 0 bridgehead atoms. The fourth-order valence-corrected chi connectivity index (χ4v) is 5.70. The van der Waals surface area contributed by atoms with Crippen LogP contribution < -0.4 is 13.8 Å². The number of hydrogen-bond donors (Lipinski definition) is 2. The van der Waals surface area contributed by atoms with E-state index in [0.717, 1.165) is 19.9 Å². The number of halogens is 1. The third-order valence-electron chi connectivity index (χ3n) is 5.59. The number of anilines is 1. The minimum absolute atomic E-state index is 0.00202. The van der Waals surface area contributed by atoms with Gasteiger partial charge in [0.25, 0.3) is 0 Å². The molecular weight excluding hydrogens is 584 g/mol. The molecule has 0 saturated carbocycles. The Bertz CT molecular complexity index is 1320. The van der Waals surface area contributed by atoms with Crippen LogP contribution >= 0.6 is 15.9 Å². The summed E-state index contributed by atoms with van der Waals surface area (Å²) in [5.41, 5.74) is 2.00. The topological polar surface area (TPSA) is 136 Å². The predicted octanol–water partition coefficient (Wildman–Crippen LogP) is 4.33. The van der Waals surface area contributed by atoms with Crippen molar-refractivity contribution in [1.29, 1.82) is 0 Å². The first-order valence-corrected chi connectivity index (χ1v) is 14.5. The van der Waals surface area contributed by atoms with Crippen LogP contribution in [0.3, 0.4) is 0 Å². The molecule has 0 aliphatic heterocycles. The molecule has 0 saturated heterocycles. The second kappa shape index (κ2) is 13.2. The Hall–Kier alpha value is -2.77. The summed E-state index contributed by atoms with van der Waals surface area (Å²) in [5, 5.41) is 9.75. The van der Waals surface area contributed by atoms with Crippen LogP contribution in [-0.4, -0.2) is 48.0 Å². The highest BCUT2D eigenvalue weighted by Gasteiger charge is 2.27. The van der Waals surface area contributed by atoms with Crippen LogP contribution in [0.1, 0.15) is 19.3 Å². The van der Waals surface area contributed by atoms with Crippen molar-refractivity contribution in [2.45, 2.75) is 30.2 Å². The minimum atomic E-state index is -3.74. The number of hydrogen-bond acceptors (Lipinski definition) is 6. The number of carboxylic acid groups (broad SMARTS) is 1. The van der Waals surface area contributed by atoms with E-state index in [0.29, 0.717) is 12.2 Å². The van der Waals surface area contributed by atoms with Gasteiger partial charge in [0.05, 0.1) is 12.0 Å². The first-order chi connectivity index (χ1) is 17.6. The van der Waals surface area contributed by atoms with Crippen LogP contribution in [0, 0.1) is 0 Å². The van der Waals surface area contributed by atoms with E-state index >= 15 is 0 Å². The molecule has 9 nitrogen and oxygen atoms in total. The molecule has 2 N–H and O–H groups in total. The van der Waals surface area contributed by atoms with Gasteiger partial charge in [0.15, 0.2) is 0 Å². The zero-order valence-corrected chi connectivity index (χ0v) is 23.1. The van der Waals surface area contributed by atoms with E-state index in [1.54, 1.807) is 24.3 Å². The molecule has 12 heteroatoms. The molecule has 0 fully saturated rings.